The Balaban J connectivity index is 2.15. The number of nitrogens with one attached hydrogen (secondary N) is 1. The van der Waals surface area contributed by atoms with Gasteiger partial charge in [0.25, 0.3) is 0 Å². The number of nitrogens with zero attached hydrogens (tertiary/aromatic N) is 1. The van der Waals surface area contributed by atoms with Gasteiger partial charge in [-0.25, -0.2) is 0 Å². The van der Waals surface area contributed by atoms with Gasteiger partial charge in [-0.2, -0.15) is 0 Å². The van der Waals surface area contributed by atoms with E-state index in [1.165, 1.54) is 0 Å². The number of rotatable bonds is 5. The molecule has 2 atom stereocenters. The maximum Gasteiger partial charge on any atom is 0.309 e. The number of halogens is 1. The highest BCUT2D eigenvalue weighted by atomic mass is 35.5. The summed E-state index contributed by atoms with van der Waals surface area (Å²) in [6.45, 7) is 3.61. The molecule has 1 fully saturated rings. The average Bonchev–Trinajstić information content (AvgIpc) is 2.67. The third kappa shape index (κ3) is 3.44. The van der Waals surface area contributed by atoms with Crippen LogP contribution in [-0.2, 0) is 9.53 Å². The van der Waals surface area contributed by atoms with Crippen molar-refractivity contribution in [3.63, 3.8) is 0 Å². The molecule has 3 rings (SSSR count). The number of esters is 1. The molecular weight excluding hydrogens is 356 g/mol. The van der Waals surface area contributed by atoms with E-state index in [-0.39, 0.29) is 17.8 Å². The van der Waals surface area contributed by atoms with Crippen LogP contribution >= 0.6 is 11.6 Å². The molecule has 1 aromatic carbocycles. The maximum atomic E-state index is 12.5. The fourth-order valence-electron chi connectivity index (χ4n) is 3.59. The van der Waals surface area contributed by atoms with Gasteiger partial charge in [0.05, 0.1) is 37.3 Å². The van der Waals surface area contributed by atoms with E-state index in [4.69, 9.17) is 25.8 Å². The lowest BCUT2D eigenvalue weighted by Crippen LogP contribution is -2.39. The molecule has 0 aliphatic carbocycles. The standard InChI is InChI=1S/C19H23ClN2O4/c1-4-26-19(23)11-5-6-21-9-13(11)18-12-7-16(24-2)17(25-3)8-15(12)22-10-14(18)20/h7-8,10-11,13,21H,4-6,9H2,1-3H3. The summed E-state index contributed by atoms with van der Waals surface area (Å²) in [4.78, 5) is 16.9. The molecule has 1 aliphatic rings. The minimum atomic E-state index is -0.243. The Kier molecular flexibility index (Phi) is 5.84. The van der Waals surface area contributed by atoms with Gasteiger partial charge in [-0.3, -0.25) is 9.78 Å². The normalized spacial score (nSPS) is 20.0. The number of ether oxygens (including phenoxy) is 3. The summed E-state index contributed by atoms with van der Waals surface area (Å²) in [5.41, 5.74) is 1.64. The Hall–Kier alpha value is -2.05. The zero-order valence-corrected chi connectivity index (χ0v) is 15.9. The van der Waals surface area contributed by atoms with Crippen molar-refractivity contribution >= 4 is 28.5 Å². The lowest BCUT2D eigenvalue weighted by Gasteiger charge is -2.32. The van der Waals surface area contributed by atoms with Gasteiger partial charge in [-0.1, -0.05) is 11.6 Å². The van der Waals surface area contributed by atoms with Crippen LogP contribution in [-0.4, -0.2) is 44.9 Å². The van der Waals surface area contributed by atoms with Crippen molar-refractivity contribution in [3.05, 3.63) is 28.9 Å². The Bertz CT molecular complexity index is 812. The van der Waals surface area contributed by atoms with Crippen LogP contribution in [0.1, 0.15) is 24.8 Å². The van der Waals surface area contributed by atoms with Crippen LogP contribution in [0.5, 0.6) is 11.5 Å². The summed E-state index contributed by atoms with van der Waals surface area (Å²) in [6, 6.07) is 3.70. The largest absolute Gasteiger partial charge is 0.493 e. The maximum absolute atomic E-state index is 12.5. The molecule has 1 aromatic heterocycles. The number of pyridine rings is 1. The van der Waals surface area contributed by atoms with E-state index in [0.29, 0.717) is 36.1 Å². The topological polar surface area (TPSA) is 69.7 Å². The van der Waals surface area contributed by atoms with E-state index in [0.717, 1.165) is 23.0 Å². The molecule has 0 radical (unpaired) electrons. The van der Waals surface area contributed by atoms with Crippen LogP contribution in [0.4, 0.5) is 0 Å². The average molecular weight is 379 g/mol. The van der Waals surface area contributed by atoms with Gasteiger partial charge in [-0.15, -0.1) is 0 Å². The summed E-state index contributed by atoms with van der Waals surface area (Å²) in [7, 11) is 3.17. The van der Waals surface area contributed by atoms with Crippen LogP contribution < -0.4 is 14.8 Å². The SMILES string of the molecule is CCOC(=O)C1CCNCC1c1c(Cl)cnc2cc(OC)c(OC)cc12. The molecule has 0 spiro atoms. The van der Waals surface area contributed by atoms with E-state index < -0.39 is 0 Å². The first-order chi connectivity index (χ1) is 12.6. The highest BCUT2D eigenvalue weighted by Crippen LogP contribution is 2.41. The Morgan fingerprint density at radius 1 is 1.31 bits per heavy atom. The molecule has 0 saturated carbocycles. The second-order valence-corrected chi connectivity index (χ2v) is 6.61. The smallest absolute Gasteiger partial charge is 0.309 e. The van der Waals surface area contributed by atoms with Crippen molar-refractivity contribution in [1.29, 1.82) is 0 Å². The number of carbonyl (C=O) groups excluding carboxylic acids is 1. The first-order valence-electron chi connectivity index (χ1n) is 8.68. The fraction of sp³-hybridized carbons (Fsp3) is 0.474. The highest BCUT2D eigenvalue weighted by molar-refractivity contribution is 6.32. The number of piperidine rings is 1. The molecule has 140 valence electrons. The summed E-state index contributed by atoms with van der Waals surface area (Å²) < 4.78 is 16.1. The highest BCUT2D eigenvalue weighted by Gasteiger charge is 2.35. The molecule has 26 heavy (non-hydrogen) atoms. The Morgan fingerprint density at radius 2 is 2.04 bits per heavy atom. The van der Waals surface area contributed by atoms with Gasteiger partial charge < -0.3 is 19.5 Å². The van der Waals surface area contributed by atoms with E-state index >= 15 is 0 Å². The lowest BCUT2D eigenvalue weighted by atomic mass is 9.80. The monoisotopic (exact) mass is 378 g/mol. The number of benzene rings is 1. The molecule has 2 unspecified atom stereocenters. The van der Waals surface area contributed by atoms with Gasteiger partial charge >= 0.3 is 5.97 Å². The predicted octanol–water partition coefficient (Wildman–Crippen LogP) is 3.16. The molecule has 1 aliphatic heterocycles. The second kappa shape index (κ2) is 8.10. The van der Waals surface area contributed by atoms with E-state index in [1.807, 2.05) is 19.1 Å². The third-order valence-electron chi connectivity index (χ3n) is 4.81. The summed E-state index contributed by atoms with van der Waals surface area (Å²) in [5, 5.41) is 4.75. The van der Waals surface area contributed by atoms with Crippen molar-refractivity contribution < 1.29 is 19.0 Å². The van der Waals surface area contributed by atoms with Crippen LogP contribution in [0.15, 0.2) is 18.3 Å². The zero-order valence-electron chi connectivity index (χ0n) is 15.2. The van der Waals surface area contributed by atoms with Gasteiger partial charge in [-0.05, 0) is 31.5 Å². The number of fused-ring (bicyclic) bond motifs is 1. The summed E-state index contributed by atoms with van der Waals surface area (Å²) >= 11 is 6.54. The van der Waals surface area contributed by atoms with Crippen molar-refractivity contribution in [3.8, 4) is 11.5 Å². The number of aromatic nitrogens is 1. The second-order valence-electron chi connectivity index (χ2n) is 6.20. The number of hydrogen-bond donors (Lipinski definition) is 1. The zero-order chi connectivity index (χ0) is 18.7. The number of hydrogen-bond acceptors (Lipinski definition) is 6. The minimum Gasteiger partial charge on any atom is -0.493 e. The van der Waals surface area contributed by atoms with Gasteiger partial charge in [0.2, 0.25) is 0 Å². The first kappa shape index (κ1) is 18.7. The Labute approximate surface area is 157 Å². The lowest BCUT2D eigenvalue weighted by molar-refractivity contribution is -0.149. The molecule has 1 saturated heterocycles. The van der Waals surface area contributed by atoms with Crippen molar-refractivity contribution in [2.45, 2.75) is 19.3 Å². The van der Waals surface area contributed by atoms with Crippen LogP contribution in [0.2, 0.25) is 5.02 Å². The summed E-state index contributed by atoms with van der Waals surface area (Å²) in [5.74, 6) is 0.679. The number of carbonyl (C=O) groups is 1. The number of methoxy groups -OCH3 is 2. The van der Waals surface area contributed by atoms with Crippen molar-refractivity contribution in [2.75, 3.05) is 33.9 Å². The third-order valence-corrected chi connectivity index (χ3v) is 5.11. The first-order valence-corrected chi connectivity index (χ1v) is 9.06. The van der Waals surface area contributed by atoms with Gasteiger partial charge in [0.1, 0.15) is 0 Å². The molecule has 7 heteroatoms. The van der Waals surface area contributed by atoms with Crippen LogP contribution in [0.25, 0.3) is 10.9 Å². The molecule has 0 amide bonds. The van der Waals surface area contributed by atoms with E-state index in [9.17, 15) is 4.79 Å². The molecule has 1 N–H and O–H groups in total. The molecule has 0 bridgehead atoms. The predicted molar refractivity (Wildman–Crippen MR) is 100 cm³/mol. The van der Waals surface area contributed by atoms with Crippen molar-refractivity contribution in [1.82, 2.24) is 10.3 Å². The van der Waals surface area contributed by atoms with Crippen LogP contribution in [0.3, 0.4) is 0 Å². The Morgan fingerprint density at radius 3 is 2.73 bits per heavy atom. The fourth-order valence-corrected chi connectivity index (χ4v) is 3.88. The van der Waals surface area contributed by atoms with Gasteiger partial charge in [0.15, 0.2) is 11.5 Å². The van der Waals surface area contributed by atoms with Gasteiger partial charge in [0, 0.05) is 30.1 Å². The van der Waals surface area contributed by atoms with E-state index in [1.54, 1.807) is 20.4 Å². The van der Waals surface area contributed by atoms with E-state index in [2.05, 4.69) is 10.3 Å². The summed E-state index contributed by atoms with van der Waals surface area (Å²) in [6.07, 6.45) is 2.33. The van der Waals surface area contributed by atoms with Crippen molar-refractivity contribution in [2.24, 2.45) is 5.92 Å². The molecule has 2 aromatic rings. The minimum absolute atomic E-state index is 0.0982. The molecule has 6 nitrogen and oxygen atoms in total. The van der Waals surface area contributed by atoms with Crippen LogP contribution in [0, 0.1) is 5.92 Å². The molecular formula is C19H23ClN2O4. The molecule has 2 heterocycles. The quantitative estimate of drug-likeness (QED) is 0.806.